The normalized spacial score (nSPS) is 15.1. The van der Waals surface area contributed by atoms with E-state index in [-0.39, 0.29) is 23.5 Å². The monoisotopic (exact) mass is 688 g/mol. The molecule has 0 spiro atoms. The number of hydrogen-bond donors (Lipinski definition) is 0. The summed E-state index contributed by atoms with van der Waals surface area (Å²) in [4.78, 5) is 0. The maximum absolute atomic E-state index is 7.21. The largest absolute Gasteiger partial charge is 0.382 e. The van der Waals surface area contributed by atoms with Crippen molar-refractivity contribution in [2.75, 3.05) is 41.2 Å². The summed E-state index contributed by atoms with van der Waals surface area (Å²) >= 11 is 20.9. The predicted octanol–water partition coefficient (Wildman–Crippen LogP) is 6.90. The van der Waals surface area contributed by atoms with Crippen LogP contribution >= 0.6 is 34.8 Å². The predicted molar refractivity (Wildman–Crippen MR) is 181 cm³/mol. The molecule has 3 aromatic rings. The maximum Gasteiger partial charge on any atom is 0.214 e. The third kappa shape index (κ3) is 8.10. The molecule has 3 heterocycles. The molecule has 0 aliphatic carbocycles. The van der Waals surface area contributed by atoms with E-state index in [0.29, 0.717) is 43.0 Å². The molecule has 0 bridgehead atoms. The summed E-state index contributed by atoms with van der Waals surface area (Å²) in [6, 6.07) is 0.0963. The zero-order valence-electron chi connectivity index (χ0n) is 29.5. The van der Waals surface area contributed by atoms with Crippen molar-refractivity contribution in [2.24, 2.45) is 0 Å². The van der Waals surface area contributed by atoms with Crippen LogP contribution in [0, 0.1) is 0 Å². The number of ether oxygens (including phenoxy) is 3. The van der Waals surface area contributed by atoms with Gasteiger partial charge in [-0.25, -0.2) is 0 Å². The molecule has 0 aliphatic heterocycles. The van der Waals surface area contributed by atoms with Gasteiger partial charge in [0.1, 0.15) is 33.5 Å². The Morgan fingerprint density at radius 1 is 0.644 bits per heavy atom. The van der Waals surface area contributed by atoms with Gasteiger partial charge >= 0.3 is 0 Å². The Morgan fingerprint density at radius 3 is 1.49 bits per heavy atom. The van der Waals surface area contributed by atoms with Crippen molar-refractivity contribution in [3.63, 3.8) is 0 Å². The maximum atomic E-state index is 7.21. The highest BCUT2D eigenvalue weighted by Gasteiger charge is 2.43. The van der Waals surface area contributed by atoms with Crippen LogP contribution in [0.5, 0.6) is 0 Å². The zero-order chi connectivity index (χ0) is 34.1. The van der Waals surface area contributed by atoms with Crippen LogP contribution < -0.4 is 9.36 Å². The number of aromatic nitrogens is 6. The zero-order valence-corrected chi connectivity index (χ0v) is 31.8. The molecule has 1 unspecified atom stereocenters. The van der Waals surface area contributed by atoms with E-state index in [2.05, 4.69) is 93.1 Å². The first-order valence-electron chi connectivity index (χ1n) is 15.6. The van der Waals surface area contributed by atoms with Gasteiger partial charge in [0.25, 0.3) is 0 Å². The Labute approximate surface area is 285 Å². The molecule has 0 saturated heterocycles. The topological polar surface area (TPSA) is 63.1 Å². The lowest BCUT2D eigenvalue weighted by Crippen LogP contribution is -2.55. The molecule has 3 atom stereocenters. The summed E-state index contributed by atoms with van der Waals surface area (Å²) in [5.41, 5.74) is 2.07. The Morgan fingerprint density at radius 2 is 1.04 bits per heavy atom. The van der Waals surface area contributed by atoms with Crippen LogP contribution in [-0.2, 0) is 43.5 Å². The third-order valence-corrected chi connectivity index (χ3v) is 9.15. The molecule has 0 radical (unpaired) electrons. The Balaban J connectivity index is 2.17. The quantitative estimate of drug-likeness (QED) is 0.163. The van der Waals surface area contributed by atoms with Crippen molar-refractivity contribution in [1.82, 2.24) is 19.1 Å². The van der Waals surface area contributed by atoms with Gasteiger partial charge in [-0.2, -0.15) is 14.5 Å². The van der Waals surface area contributed by atoms with Gasteiger partial charge < -0.3 is 14.2 Å². The molecule has 3 aromatic heterocycles. The van der Waals surface area contributed by atoms with Gasteiger partial charge in [0.05, 0.1) is 53.6 Å². The molecule has 9 nitrogen and oxygen atoms in total. The van der Waals surface area contributed by atoms with E-state index in [4.69, 9.17) is 49.0 Å². The van der Waals surface area contributed by atoms with E-state index in [1.54, 1.807) is 27.5 Å². The summed E-state index contributed by atoms with van der Waals surface area (Å²) < 4.78 is 27.7. The molecule has 12 heteroatoms. The van der Waals surface area contributed by atoms with Crippen LogP contribution in [0.2, 0.25) is 15.1 Å². The van der Waals surface area contributed by atoms with Crippen molar-refractivity contribution in [1.29, 1.82) is 0 Å². The van der Waals surface area contributed by atoms with E-state index in [1.165, 1.54) is 0 Å². The summed E-state index contributed by atoms with van der Waals surface area (Å²) in [6.45, 7) is 24.7. The fourth-order valence-electron chi connectivity index (χ4n) is 6.71. The van der Waals surface area contributed by atoms with Gasteiger partial charge in [-0.3, -0.25) is 4.68 Å². The first kappa shape index (κ1) is 37.8. The highest BCUT2D eigenvalue weighted by atomic mass is 35.5. The molecule has 3 rings (SSSR count). The fraction of sp³-hybridized carbons (Fsp3) is 0.727. The molecular formula is C33H55Cl3N6O3+2. The van der Waals surface area contributed by atoms with Gasteiger partial charge in [-0.15, -0.1) is 9.36 Å². The first-order valence-corrected chi connectivity index (χ1v) is 16.8. The average molecular weight is 690 g/mol. The van der Waals surface area contributed by atoms with Gasteiger partial charge in [0, 0.05) is 26.7 Å². The number of nitrogens with zero attached hydrogens (tertiary/aromatic N) is 6. The molecular weight excluding hydrogens is 635 g/mol. The minimum Gasteiger partial charge on any atom is -0.382 e. The number of hydrogen-bond acceptors (Lipinski definition) is 4. The standard InChI is InChI=1S/C33H55Cl3N6O3/c1-22(17-43-11)40-29(25(34)14-37-40)32(7,8)20-39-16-27(36)30(42(39)24(3)19-45-13)33(9,10)21-38-15-26(35)28(31(4,5)6)41(38)23(2)18-44-12/h14-16,22-24H,17-21H2,1-13H3/q+2/t22?,23-,24+/m1/s1. The van der Waals surface area contributed by atoms with E-state index in [1.807, 2.05) is 17.1 Å². The summed E-state index contributed by atoms with van der Waals surface area (Å²) in [5, 5.41) is 6.68. The smallest absolute Gasteiger partial charge is 0.214 e. The third-order valence-electron chi connectivity index (χ3n) is 8.32. The second kappa shape index (κ2) is 14.7. The summed E-state index contributed by atoms with van der Waals surface area (Å²) in [6.07, 6.45) is 5.79. The minimum absolute atomic E-state index is 0.00158. The van der Waals surface area contributed by atoms with Crippen molar-refractivity contribution >= 4 is 34.8 Å². The number of rotatable bonds is 15. The second-order valence-corrected chi connectivity index (χ2v) is 16.0. The molecule has 0 aromatic carbocycles. The molecule has 0 amide bonds. The fourth-order valence-corrected chi connectivity index (χ4v) is 8.04. The molecule has 0 aliphatic rings. The van der Waals surface area contributed by atoms with E-state index in [0.717, 1.165) is 22.1 Å². The lowest BCUT2D eigenvalue weighted by Gasteiger charge is -2.28. The van der Waals surface area contributed by atoms with Crippen molar-refractivity contribution in [3.05, 3.63) is 50.7 Å². The highest BCUT2D eigenvalue weighted by molar-refractivity contribution is 6.31. The summed E-state index contributed by atoms with van der Waals surface area (Å²) in [5.74, 6) is 0. The Bertz CT molecular complexity index is 1440. The van der Waals surface area contributed by atoms with E-state index in [9.17, 15) is 0 Å². The molecule has 45 heavy (non-hydrogen) atoms. The summed E-state index contributed by atoms with van der Waals surface area (Å²) in [7, 11) is 5.16. The molecule has 0 saturated carbocycles. The van der Waals surface area contributed by atoms with Crippen LogP contribution in [-0.4, -0.2) is 60.3 Å². The first-order chi connectivity index (χ1) is 20.8. The Hall–Kier alpha value is -1.62. The van der Waals surface area contributed by atoms with Gasteiger partial charge in [-0.1, -0.05) is 55.6 Å². The lowest BCUT2D eigenvalue weighted by molar-refractivity contribution is -0.790. The van der Waals surface area contributed by atoms with Gasteiger partial charge in [0.2, 0.25) is 12.4 Å². The lowest BCUT2D eigenvalue weighted by atomic mass is 9.88. The van der Waals surface area contributed by atoms with E-state index >= 15 is 0 Å². The number of halogens is 3. The van der Waals surface area contributed by atoms with Crippen molar-refractivity contribution in [3.8, 4) is 0 Å². The van der Waals surface area contributed by atoms with Crippen LogP contribution in [0.15, 0.2) is 18.6 Å². The van der Waals surface area contributed by atoms with Crippen LogP contribution in [0.4, 0.5) is 0 Å². The van der Waals surface area contributed by atoms with E-state index < -0.39 is 10.8 Å². The Kier molecular flexibility index (Phi) is 12.3. The van der Waals surface area contributed by atoms with Gasteiger partial charge in [0.15, 0.2) is 13.1 Å². The molecule has 0 fully saturated rings. The molecule has 0 N–H and O–H groups in total. The highest BCUT2D eigenvalue weighted by Crippen LogP contribution is 2.36. The average Bonchev–Trinajstić information content (AvgIpc) is 3.56. The molecule has 254 valence electrons. The SMILES string of the molecule is COCC(C)n1ncc(Cl)c1C(C)(C)C[n+]1cc(Cl)c(C(C)(C)C[n+]2cc(Cl)c(C(C)(C)C)n2[C@H](C)COC)n1[C@@H](C)COC. The number of methoxy groups -OCH3 is 3. The van der Waals surface area contributed by atoms with Crippen LogP contribution in [0.3, 0.4) is 0 Å². The van der Waals surface area contributed by atoms with Gasteiger partial charge in [-0.05, 0) is 48.5 Å². The second-order valence-electron chi connectivity index (χ2n) is 14.8. The van der Waals surface area contributed by atoms with Crippen molar-refractivity contribution in [2.45, 2.75) is 117 Å². The van der Waals surface area contributed by atoms with Crippen LogP contribution in [0.1, 0.15) is 104 Å². The minimum atomic E-state index is -0.410. The van der Waals surface area contributed by atoms with Crippen LogP contribution in [0.25, 0.3) is 0 Å². The van der Waals surface area contributed by atoms with Crippen molar-refractivity contribution < 1.29 is 23.6 Å².